The summed E-state index contributed by atoms with van der Waals surface area (Å²) >= 11 is 1.26. The number of nitrogens with one attached hydrogen (secondary N) is 2. The SMILES string of the molecule is O=S(=O)(Nc1cccc(-c2nc(-c3ccccc3)sc2-c2ccnc(Nc3ccc(N4CCOCC4)nc3)n2)c1F)c1c(F)cccc1F. The van der Waals surface area contributed by atoms with Crippen molar-refractivity contribution in [1.82, 2.24) is 19.9 Å². The number of nitrogens with zero attached hydrogens (tertiary/aromatic N) is 5. The van der Waals surface area contributed by atoms with Crippen molar-refractivity contribution >= 4 is 44.5 Å². The lowest BCUT2D eigenvalue weighted by Gasteiger charge is -2.27. The van der Waals surface area contributed by atoms with Crippen LogP contribution in [-0.4, -0.2) is 54.7 Å². The van der Waals surface area contributed by atoms with Crippen LogP contribution in [0.25, 0.3) is 32.4 Å². The summed E-state index contributed by atoms with van der Waals surface area (Å²) in [5.41, 5.74) is 1.45. The van der Waals surface area contributed by atoms with Crippen molar-refractivity contribution in [1.29, 1.82) is 0 Å². The third-order valence-corrected chi connectivity index (χ3v) is 10.1. The molecule has 0 bridgehead atoms. The summed E-state index contributed by atoms with van der Waals surface area (Å²) in [4.78, 5) is 19.7. The molecule has 0 unspecified atom stereocenters. The maximum absolute atomic E-state index is 16.2. The topological polar surface area (TPSA) is 122 Å². The first-order chi connectivity index (χ1) is 23.8. The van der Waals surface area contributed by atoms with E-state index in [2.05, 4.69) is 20.2 Å². The third-order valence-electron chi connectivity index (χ3n) is 7.56. The molecule has 49 heavy (non-hydrogen) atoms. The largest absolute Gasteiger partial charge is 0.378 e. The molecule has 0 amide bonds. The van der Waals surface area contributed by atoms with Gasteiger partial charge in [-0.3, -0.25) is 4.72 Å². The molecule has 1 saturated heterocycles. The minimum absolute atomic E-state index is 0.0568. The molecule has 7 rings (SSSR count). The van der Waals surface area contributed by atoms with E-state index in [1.807, 2.05) is 47.2 Å². The molecule has 248 valence electrons. The predicted octanol–water partition coefficient (Wildman–Crippen LogP) is 7.13. The number of benzene rings is 3. The number of pyridine rings is 1. The van der Waals surface area contributed by atoms with Crippen molar-refractivity contribution in [2.75, 3.05) is 41.2 Å². The molecule has 10 nitrogen and oxygen atoms in total. The van der Waals surface area contributed by atoms with Crippen LogP contribution in [0.1, 0.15) is 0 Å². The van der Waals surface area contributed by atoms with E-state index < -0.39 is 38.1 Å². The Hall–Kier alpha value is -5.38. The molecule has 0 spiro atoms. The molecule has 0 atom stereocenters. The second kappa shape index (κ2) is 13.6. The van der Waals surface area contributed by atoms with Crippen LogP contribution in [0.15, 0.2) is 102 Å². The molecule has 2 N–H and O–H groups in total. The summed E-state index contributed by atoms with van der Waals surface area (Å²) in [7, 11) is -4.84. The first-order valence-corrected chi connectivity index (χ1v) is 17.3. The lowest BCUT2D eigenvalue weighted by molar-refractivity contribution is 0.122. The van der Waals surface area contributed by atoms with Gasteiger partial charge in [-0.25, -0.2) is 41.5 Å². The fourth-order valence-corrected chi connectivity index (χ4v) is 7.48. The van der Waals surface area contributed by atoms with Gasteiger partial charge in [0.1, 0.15) is 22.5 Å². The van der Waals surface area contributed by atoms with Gasteiger partial charge >= 0.3 is 0 Å². The van der Waals surface area contributed by atoms with Crippen LogP contribution in [0.2, 0.25) is 0 Å². The second-order valence-corrected chi connectivity index (χ2v) is 13.4. The van der Waals surface area contributed by atoms with Crippen molar-refractivity contribution in [3.8, 4) is 32.4 Å². The molecular weight excluding hydrogens is 676 g/mol. The zero-order valence-corrected chi connectivity index (χ0v) is 27.1. The van der Waals surface area contributed by atoms with Crippen LogP contribution < -0.4 is 14.9 Å². The number of hydrogen-bond donors (Lipinski definition) is 2. The Morgan fingerprint density at radius 1 is 0.816 bits per heavy atom. The highest BCUT2D eigenvalue weighted by atomic mass is 32.2. The first-order valence-electron chi connectivity index (χ1n) is 15.0. The maximum atomic E-state index is 16.2. The maximum Gasteiger partial charge on any atom is 0.267 e. The van der Waals surface area contributed by atoms with Gasteiger partial charge in [-0.05, 0) is 42.5 Å². The van der Waals surface area contributed by atoms with E-state index in [9.17, 15) is 17.2 Å². The molecule has 1 fully saturated rings. The number of anilines is 4. The number of aromatic nitrogens is 4. The zero-order chi connectivity index (χ0) is 34.0. The number of rotatable bonds is 9. The second-order valence-electron chi connectivity index (χ2n) is 10.8. The van der Waals surface area contributed by atoms with E-state index in [0.29, 0.717) is 34.5 Å². The van der Waals surface area contributed by atoms with E-state index in [4.69, 9.17) is 14.7 Å². The quantitative estimate of drug-likeness (QED) is 0.162. The standard InChI is InChI=1S/C34H26F3N7O3S2/c35-24-9-5-10-25(36)32(24)49(45,46)43-26-11-4-8-23(29(26)37)30-31(48-33(42-30)21-6-2-1-3-7-21)27-14-15-38-34(41-27)40-22-12-13-28(39-20-22)44-16-18-47-19-17-44/h1-15,20,43H,16-19H2,(H,38,40,41). The fourth-order valence-electron chi connectivity index (χ4n) is 5.22. The average Bonchev–Trinajstić information content (AvgIpc) is 3.56. The summed E-state index contributed by atoms with van der Waals surface area (Å²) in [5.74, 6) is -2.52. The first kappa shape index (κ1) is 32.2. The van der Waals surface area contributed by atoms with Crippen LogP contribution in [-0.2, 0) is 14.8 Å². The van der Waals surface area contributed by atoms with Crippen molar-refractivity contribution in [3.63, 3.8) is 0 Å². The highest BCUT2D eigenvalue weighted by molar-refractivity contribution is 7.92. The summed E-state index contributed by atoms with van der Waals surface area (Å²) < 4.78 is 78.4. The fraction of sp³-hybridized carbons (Fsp3) is 0.118. The monoisotopic (exact) mass is 701 g/mol. The number of morpholine rings is 1. The van der Waals surface area contributed by atoms with Gasteiger partial charge in [-0.2, -0.15) is 0 Å². The van der Waals surface area contributed by atoms with Gasteiger partial charge < -0.3 is 15.0 Å². The molecule has 1 aliphatic heterocycles. The van der Waals surface area contributed by atoms with Gasteiger partial charge in [-0.1, -0.05) is 42.5 Å². The lowest BCUT2D eigenvalue weighted by atomic mass is 10.1. The Balaban J connectivity index is 1.24. The normalized spacial score (nSPS) is 13.3. The van der Waals surface area contributed by atoms with Crippen molar-refractivity contribution in [2.45, 2.75) is 4.90 Å². The zero-order valence-electron chi connectivity index (χ0n) is 25.5. The van der Waals surface area contributed by atoms with Gasteiger partial charge in [0.2, 0.25) is 5.95 Å². The minimum atomic E-state index is -4.84. The molecule has 0 radical (unpaired) electrons. The predicted molar refractivity (Wildman–Crippen MR) is 182 cm³/mol. The average molecular weight is 702 g/mol. The van der Waals surface area contributed by atoms with Crippen molar-refractivity contribution < 1.29 is 26.3 Å². The van der Waals surface area contributed by atoms with E-state index in [1.54, 1.807) is 18.5 Å². The minimum Gasteiger partial charge on any atom is -0.378 e. The number of halogens is 3. The smallest absolute Gasteiger partial charge is 0.267 e. The van der Waals surface area contributed by atoms with E-state index in [-0.39, 0.29) is 17.2 Å². The van der Waals surface area contributed by atoms with Crippen LogP contribution in [0, 0.1) is 17.5 Å². The summed E-state index contributed by atoms with van der Waals surface area (Å²) in [6, 6.07) is 21.3. The Bertz CT molecular complexity index is 2210. The molecule has 4 heterocycles. The Kier molecular flexibility index (Phi) is 8.95. The molecule has 3 aromatic heterocycles. The van der Waals surface area contributed by atoms with E-state index in [1.165, 1.54) is 23.5 Å². The molecular formula is C34H26F3N7O3S2. The molecule has 1 aliphatic rings. The number of sulfonamides is 1. The van der Waals surface area contributed by atoms with Crippen LogP contribution in [0.4, 0.5) is 36.3 Å². The van der Waals surface area contributed by atoms with Crippen molar-refractivity contribution in [2.24, 2.45) is 0 Å². The van der Waals surface area contributed by atoms with Crippen LogP contribution >= 0.6 is 11.3 Å². The molecule has 3 aromatic carbocycles. The van der Waals surface area contributed by atoms with Gasteiger partial charge in [-0.15, -0.1) is 11.3 Å². The Labute approximate surface area is 283 Å². The summed E-state index contributed by atoms with van der Waals surface area (Å²) in [5, 5.41) is 3.71. The third kappa shape index (κ3) is 6.81. The van der Waals surface area contributed by atoms with Crippen LogP contribution in [0.3, 0.4) is 0 Å². The molecule has 6 aromatic rings. The number of hydrogen-bond acceptors (Lipinski definition) is 10. The molecule has 0 aliphatic carbocycles. The van der Waals surface area contributed by atoms with Crippen molar-refractivity contribution in [3.05, 3.63) is 115 Å². The summed E-state index contributed by atoms with van der Waals surface area (Å²) in [6.07, 6.45) is 3.23. The Morgan fingerprint density at radius 3 is 2.31 bits per heavy atom. The highest BCUT2D eigenvalue weighted by Gasteiger charge is 2.27. The van der Waals surface area contributed by atoms with E-state index in [0.717, 1.165) is 48.7 Å². The van der Waals surface area contributed by atoms with Crippen LogP contribution in [0.5, 0.6) is 0 Å². The number of thiazole rings is 1. The van der Waals surface area contributed by atoms with Gasteiger partial charge in [0, 0.05) is 30.4 Å². The number of ether oxygens (including phenoxy) is 1. The van der Waals surface area contributed by atoms with Gasteiger partial charge in [0.25, 0.3) is 10.0 Å². The Morgan fingerprint density at radius 2 is 1.57 bits per heavy atom. The lowest BCUT2D eigenvalue weighted by Crippen LogP contribution is -2.36. The molecule has 15 heteroatoms. The highest BCUT2D eigenvalue weighted by Crippen LogP contribution is 2.42. The van der Waals surface area contributed by atoms with Gasteiger partial charge in [0.05, 0.1) is 47.1 Å². The van der Waals surface area contributed by atoms with E-state index >= 15 is 4.39 Å². The summed E-state index contributed by atoms with van der Waals surface area (Å²) in [6.45, 7) is 2.80. The molecule has 0 saturated carbocycles. The van der Waals surface area contributed by atoms with Gasteiger partial charge in [0.15, 0.2) is 10.7 Å².